The van der Waals surface area contributed by atoms with Gasteiger partial charge in [0.05, 0.1) is 23.3 Å². The van der Waals surface area contributed by atoms with Gasteiger partial charge in [0.2, 0.25) is 10.0 Å². The highest BCUT2D eigenvalue weighted by molar-refractivity contribution is 7.89. The summed E-state index contributed by atoms with van der Waals surface area (Å²) in [5.74, 6) is 0.108. The fraction of sp³-hybridized carbons (Fsp3) is 0.333. The number of benzene rings is 1. The topological polar surface area (TPSA) is 76.3 Å². The molecule has 0 spiro atoms. The van der Waals surface area contributed by atoms with Crippen LogP contribution in [-0.4, -0.2) is 29.9 Å². The zero-order valence-corrected chi connectivity index (χ0v) is 15.5. The predicted molar refractivity (Wildman–Crippen MR) is 95.5 cm³/mol. The van der Waals surface area contributed by atoms with Crippen LogP contribution in [0.2, 0.25) is 0 Å². The molecule has 0 bridgehead atoms. The van der Waals surface area contributed by atoms with Crippen molar-refractivity contribution in [1.29, 1.82) is 0 Å². The van der Waals surface area contributed by atoms with Gasteiger partial charge in [0.1, 0.15) is 4.90 Å². The van der Waals surface area contributed by atoms with Gasteiger partial charge in [-0.05, 0) is 24.5 Å². The first-order valence-electron chi connectivity index (χ1n) is 8.07. The Bertz CT molecular complexity index is 981. The van der Waals surface area contributed by atoms with Crippen molar-refractivity contribution in [1.82, 2.24) is 14.4 Å². The normalized spacial score (nSPS) is 13.7. The average molecular weight is 359 g/mol. The van der Waals surface area contributed by atoms with Crippen LogP contribution in [0.15, 0.2) is 52.0 Å². The van der Waals surface area contributed by atoms with Gasteiger partial charge < -0.3 is 4.52 Å². The summed E-state index contributed by atoms with van der Waals surface area (Å²) in [5.41, 5.74) is 1.91. The van der Waals surface area contributed by atoms with Crippen LogP contribution in [0.25, 0.3) is 11.1 Å². The Balaban J connectivity index is 2.05. The second-order valence-corrected chi connectivity index (χ2v) is 8.41. The molecule has 0 radical (unpaired) electrons. The second kappa shape index (κ2) is 6.57. The summed E-state index contributed by atoms with van der Waals surface area (Å²) in [5, 5.41) is 4.44. The number of pyridine rings is 1. The largest absolute Gasteiger partial charge is 0.336 e. The lowest BCUT2D eigenvalue weighted by atomic mass is 9.96. The summed E-state index contributed by atoms with van der Waals surface area (Å²) in [6.07, 6.45) is 1.32. The van der Waals surface area contributed by atoms with Gasteiger partial charge in [-0.3, -0.25) is 0 Å². The molecule has 0 N–H and O–H groups in total. The Morgan fingerprint density at radius 3 is 2.48 bits per heavy atom. The number of nitrogens with zero attached hydrogens (tertiary/aromatic N) is 3. The van der Waals surface area contributed by atoms with Crippen LogP contribution in [0.4, 0.5) is 0 Å². The minimum absolute atomic E-state index is 0.108. The van der Waals surface area contributed by atoms with E-state index in [2.05, 4.69) is 10.1 Å². The van der Waals surface area contributed by atoms with Crippen molar-refractivity contribution in [2.24, 2.45) is 5.92 Å². The Morgan fingerprint density at radius 1 is 1.16 bits per heavy atom. The number of rotatable bonds is 5. The molecule has 1 aromatic carbocycles. The van der Waals surface area contributed by atoms with Gasteiger partial charge in [-0.15, -0.1) is 0 Å². The van der Waals surface area contributed by atoms with E-state index in [0.717, 1.165) is 5.56 Å². The van der Waals surface area contributed by atoms with E-state index < -0.39 is 10.0 Å². The standard InChI is InChI=1S/C18H21N3O3S/c1-12(2)17(14-8-6-5-7-9-14)21(4)25(22,23)15-10-16-13(3)20-24-18(16)19-11-15/h5-12,17H,1-4H3/t17-/m0/s1. The van der Waals surface area contributed by atoms with Crippen LogP contribution in [0.3, 0.4) is 0 Å². The molecule has 7 heteroatoms. The average Bonchev–Trinajstić information content (AvgIpc) is 2.96. The number of aromatic nitrogens is 2. The number of hydrogen-bond donors (Lipinski definition) is 0. The number of sulfonamides is 1. The highest BCUT2D eigenvalue weighted by atomic mass is 32.2. The molecule has 25 heavy (non-hydrogen) atoms. The summed E-state index contributed by atoms with van der Waals surface area (Å²) in [7, 11) is -2.11. The molecule has 0 saturated heterocycles. The van der Waals surface area contributed by atoms with Crippen LogP contribution in [0.1, 0.15) is 31.1 Å². The van der Waals surface area contributed by atoms with E-state index in [0.29, 0.717) is 16.8 Å². The third-order valence-corrected chi connectivity index (χ3v) is 6.13. The molecule has 0 unspecified atom stereocenters. The van der Waals surface area contributed by atoms with Crippen LogP contribution >= 0.6 is 0 Å². The summed E-state index contributed by atoms with van der Waals surface area (Å²) in [6.45, 7) is 5.78. The van der Waals surface area contributed by atoms with Crippen molar-refractivity contribution in [3.05, 3.63) is 53.9 Å². The van der Waals surface area contributed by atoms with E-state index in [4.69, 9.17) is 4.52 Å². The molecule has 3 aromatic rings. The molecule has 0 aliphatic carbocycles. The van der Waals surface area contributed by atoms with Gasteiger partial charge in [-0.1, -0.05) is 49.3 Å². The molecule has 2 aromatic heterocycles. The van der Waals surface area contributed by atoms with Gasteiger partial charge in [-0.2, -0.15) is 4.31 Å². The van der Waals surface area contributed by atoms with E-state index >= 15 is 0 Å². The van der Waals surface area contributed by atoms with Crippen molar-refractivity contribution in [2.75, 3.05) is 7.05 Å². The maximum absolute atomic E-state index is 13.2. The maximum atomic E-state index is 13.2. The fourth-order valence-electron chi connectivity index (χ4n) is 3.05. The molecular formula is C18H21N3O3S. The smallest absolute Gasteiger partial charge is 0.257 e. The SMILES string of the molecule is Cc1noc2ncc(S(=O)(=O)N(C)[C@H](c3ccccc3)C(C)C)cc12. The van der Waals surface area contributed by atoms with Crippen LogP contribution in [0, 0.1) is 12.8 Å². The third-order valence-electron chi connectivity index (χ3n) is 4.33. The van der Waals surface area contributed by atoms with E-state index in [1.165, 1.54) is 10.5 Å². The molecule has 0 amide bonds. The van der Waals surface area contributed by atoms with E-state index in [-0.39, 0.29) is 16.9 Å². The predicted octanol–water partition coefficient (Wildman–Crippen LogP) is 3.55. The first kappa shape index (κ1) is 17.6. The fourth-order valence-corrected chi connectivity index (χ4v) is 4.50. The molecule has 6 nitrogen and oxygen atoms in total. The molecule has 0 aliphatic heterocycles. The maximum Gasteiger partial charge on any atom is 0.257 e. The molecule has 0 saturated carbocycles. The van der Waals surface area contributed by atoms with Crippen LogP contribution < -0.4 is 0 Å². The first-order chi connectivity index (χ1) is 11.8. The van der Waals surface area contributed by atoms with Crippen LogP contribution in [-0.2, 0) is 10.0 Å². The Hall–Kier alpha value is -2.25. The van der Waals surface area contributed by atoms with Crippen molar-refractivity contribution in [2.45, 2.75) is 31.7 Å². The minimum atomic E-state index is -3.72. The lowest BCUT2D eigenvalue weighted by Gasteiger charge is -2.30. The minimum Gasteiger partial charge on any atom is -0.336 e. The Morgan fingerprint density at radius 2 is 1.84 bits per heavy atom. The monoisotopic (exact) mass is 359 g/mol. The summed E-state index contributed by atoms with van der Waals surface area (Å²) < 4.78 is 32.8. The Kier molecular flexibility index (Phi) is 4.62. The van der Waals surface area contributed by atoms with Gasteiger partial charge in [0.25, 0.3) is 5.71 Å². The Labute approximate surface area is 147 Å². The summed E-state index contributed by atoms with van der Waals surface area (Å²) >= 11 is 0. The molecular weight excluding hydrogens is 338 g/mol. The second-order valence-electron chi connectivity index (χ2n) is 6.41. The van der Waals surface area contributed by atoms with Gasteiger partial charge >= 0.3 is 0 Å². The highest BCUT2D eigenvalue weighted by Crippen LogP contribution is 2.32. The number of hydrogen-bond acceptors (Lipinski definition) is 5. The quantitative estimate of drug-likeness (QED) is 0.696. The third kappa shape index (κ3) is 3.17. The lowest BCUT2D eigenvalue weighted by Crippen LogP contribution is -2.34. The van der Waals surface area contributed by atoms with E-state index in [9.17, 15) is 8.42 Å². The van der Waals surface area contributed by atoms with Crippen molar-refractivity contribution in [3.63, 3.8) is 0 Å². The summed E-state index contributed by atoms with van der Waals surface area (Å²) in [6, 6.07) is 10.9. The van der Waals surface area contributed by atoms with Gasteiger partial charge in [-0.25, -0.2) is 13.4 Å². The van der Waals surface area contributed by atoms with E-state index in [1.54, 1.807) is 20.0 Å². The number of fused-ring (bicyclic) bond motifs is 1. The molecule has 0 aliphatic rings. The molecule has 2 heterocycles. The molecule has 3 rings (SSSR count). The van der Waals surface area contributed by atoms with Gasteiger partial charge in [0, 0.05) is 7.05 Å². The van der Waals surface area contributed by atoms with Gasteiger partial charge in [0.15, 0.2) is 0 Å². The first-order valence-corrected chi connectivity index (χ1v) is 9.51. The summed E-state index contributed by atoms with van der Waals surface area (Å²) in [4.78, 5) is 4.23. The molecule has 132 valence electrons. The van der Waals surface area contributed by atoms with Crippen LogP contribution in [0.5, 0.6) is 0 Å². The zero-order valence-electron chi connectivity index (χ0n) is 14.7. The molecule has 0 fully saturated rings. The van der Waals surface area contributed by atoms with Crippen molar-refractivity contribution < 1.29 is 12.9 Å². The van der Waals surface area contributed by atoms with Crippen molar-refractivity contribution in [3.8, 4) is 0 Å². The van der Waals surface area contributed by atoms with E-state index in [1.807, 2.05) is 44.2 Å². The van der Waals surface area contributed by atoms with Crippen molar-refractivity contribution >= 4 is 21.1 Å². The number of aryl methyl sites for hydroxylation is 1. The lowest BCUT2D eigenvalue weighted by molar-refractivity contribution is 0.300. The molecule has 1 atom stereocenters. The highest BCUT2D eigenvalue weighted by Gasteiger charge is 2.31. The zero-order chi connectivity index (χ0) is 18.2.